The number of likely N-dealkylation sites (tertiary alicyclic amines) is 1. The van der Waals surface area contributed by atoms with Crippen LogP contribution in [0.1, 0.15) is 18.0 Å². The summed E-state index contributed by atoms with van der Waals surface area (Å²) in [5.74, 6) is 0.282. The van der Waals surface area contributed by atoms with Crippen LogP contribution in [0.2, 0.25) is 0 Å². The van der Waals surface area contributed by atoms with Gasteiger partial charge in [-0.2, -0.15) is 0 Å². The first-order chi connectivity index (χ1) is 10.1. The van der Waals surface area contributed by atoms with Crippen molar-refractivity contribution in [1.29, 1.82) is 0 Å². The van der Waals surface area contributed by atoms with Crippen molar-refractivity contribution in [1.82, 2.24) is 4.90 Å². The molecular formula is C15H22N2O4. The van der Waals surface area contributed by atoms with Gasteiger partial charge in [-0.25, -0.2) is 0 Å². The summed E-state index contributed by atoms with van der Waals surface area (Å²) in [6.45, 7) is 1.71. The summed E-state index contributed by atoms with van der Waals surface area (Å²) in [6.07, 6.45) is 0.666. The summed E-state index contributed by atoms with van der Waals surface area (Å²) in [5.41, 5.74) is 6.92. The van der Waals surface area contributed by atoms with E-state index in [0.717, 1.165) is 12.1 Å². The monoisotopic (exact) mass is 294 g/mol. The molecule has 0 radical (unpaired) electrons. The average molecular weight is 294 g/mol. The van der Waals surface area contributed by atoms with E-state index in [1.165, 1.54) is 0 Å². The maximum absolute atomic E-state index is 11.1. The van der Waals surface area contributed by atoms with Crippen LogP contribution in [0, 0.1) is 5.92 Å². The Morgan fingerprint density at radius 3 is 2.67 bits per heavy atom. The van der Waals surface area contributed by atoms with E-state index in [-0.39, 0.29) is 12.0 Å². The maximum atomic E-state index is 11.1. The molecule has 6 nitrogen and oxygen atoms in total. The van der Waals surface area contributed by atoms with Crippen molar-refractivity contribution in [2.75, 3.05) is 33.9 Å². The molecule has 1 saturated heterocycles. The van der Waals surface area contributed by atoms with Crippen molar-refractivity contribution in [3.63, 3.8) is 0 Å². The van der Waals surface area contributed by atoms with E-state index in [9.17, 15) is 4.79 Å². The third-order valence-electron chi connectivity index (χ3n) is 4.03. The second-order valence-electron chi connectivity index (χ2n) is 5.18. The molecule has 2 rings (SSSR count). The molecule has 0 aliphatic carbocycles. The van der Waals surface area contributed by atoms with E-state index in [4.69, 9.17) is 20.3 Å². The minimum Gasteiger partial charge on any atom is -0.493 e. The number of aliphatic carboxylic acids is 1. The van der Waals surface area contributed by atoms with Crippen LogP contribution in [-0.2, 0) is 4.79 Å². The molecule has 1 aliphatic heterocycles. The number of carbonyl (C=O) groups is 1. The molecule has 2 atom stereocenters. The van der Waals surface area contributed by atoms with Gasteiger partial charge in [0.25, 0.3) is 0 Å². The number of carboxylic acid groups (broad SMARTS) is 1. The van der Waals surface area contributed by atoms with Gasteiger partial charge >= 0.3 is 5.97 Å². The lowest BCUT2D eigenvalue weighted by Crippen LogP contribution is -2.32. The van der Waals surface area contributed by atoms with Crippen molar-refractivity contribution >= 4 is 5.97 Å². The fourth-order valence-electron chi connectivity index (χ4n) is 2.83. The quantitative estimate of drug-likeness (QED) is 0.817. The molecular weight excluding hydrogens is 272 g/mol. The van der Waals surface area contributed by atoms with Gasteiger partial charge in [0.1, 0.15) is 0 Å². The fraction of sp³-hybridized carbons (Fsp3) is 0.533. The highest BCUT2D eigenvalue weighted by molar-refractivity contribution is 5.70. The molecule has 21 heavy (non-hydrogen) atoms. The molecule has 0 saturated carbocycles. The number of nitrogens with two attached hydrogens (primary N) is 1. The molecule has 6 heteroatoms. The topological polar surface area (TPSA) is 85.0 Å². The van der Waals surface area contributed by atoms with Crippen LogP contribution in [0.25, 0.3) is 0 Å². The predicted molar refractivity (Wildman–Crippen MR) is 78.7 cm³/mol. The number of carboxylic acids is 1. The Hall–Kier alpha value is -1.79. The van der Waals surface area contributed by atoms with E-state index in [1.807, 2.05) is 18.2 Å². The Morgan fingerprint density at radius 2 is 2.14 bits per heavy atom. The van der Waals surface area contributed by atoms with E-state index < -0.39 is 5.97 Å². The zero-order valence-electron chi connectivity index (χ0n) is 12.4. The molecule has 0 bridgehead atoms. The molecule has 1 heterocycles. The Morgan fingerprint density at radius 1 is 1.43 bits per heavy atom. The number of benzene rings is 1. The number of nitrogens with zero attached hydrogens (tertiary/aromatic N) is 1. The Kier molecular flexibility index (Phi) is 5.03. The SMILES string of the molecule is COc1ccc(C(CN)N2CCC(C(=O)O)C2)cc1OC. The van der Waals surface area contributed by atoms with E-state index >= 15 is 0 Å². The van der Waals surface area contributed by atoms with Crippen molar-refractivity contribution in [3.05, 3.63) is 23.8 Å². The molecule has 116 valence electrons. The zero-order valence-corrected chi connectivity index (χ0v) is 12.4. The summed E-state index contributed by atoms with van der Waals surface area (Å²) in [5, 5.41) is 9.11. The molecule has 0 amide bonds. The van der Waals surface area contributed by atoms with E-state index in [0.29, 0.717) is 31.0 Å². The molecule has 1 aromatic carbocycles. The van der Waals surface area contributed by atoms with Crippen LogP contribution in [0.15, 0.2) is 18.2 Å². The van der Waals surface area contributed by atoms with Gasteiger partial charge in [-0.3, -0.25) is 9.69 Å². The number of ether oxygens (including phenoxy) is 2. The van der Waals surface area contributed by atoms with Gasteiger partial charge in [-0.05, 0) is 30.7 Å². The molecule has 1 fully saturated rings. The highest BCUT2D eigenvalue weighted by atomic mass is 16.5. The minimum atomic E-state index is -0.736. The van der Waals surface area contributed by atoms with Crippen LogP contribution >= 0.6 is 0 Å². The lowest BCUT2D eigenvalue weighted by molar-refractivity contribution is -0.141. The standard InChI is InChI=1S/C15H22N2O4/c1-20-13-4-3-10(7-14(13)21-2)12(8-16)17-6-5-11(9-17)15(18)19/h3-4,7,11-12H,5-6,8-9,16H2,1-2H3,(H,18,19). The second kappa shape index (κ2) is 6.78. The first kappa shape index (κ1) is 15.6. The molecule has 3 N–H and O–H groups in total. The molecule has 0 aromatic heterocycles. The van der Waals surface area contributed by atoms with Crippen molar-refractivity contribution in [2.24, 2.45) is 11.7 Å². The summed E-state index contributed by atoms with van der Waals surface area (Å²) < 4.78 is 10.5. The number of methoxy groups -OCH3 is 2. The van der Waals surface area contributed by atoms with E-state index in [1.54, 1.807) is 14.2 Å². The van der Waals surface area contributed by atoms with Crippen LogP contribution in [-0.4, -0.2) is 49.8 Å². The highest BCUT2D eigenvalue weighted by Crippen LogP contribution is 2.33. The average Bonchev–Trinajstić information content (AvgIpc) is 2.97. The normalized spacial score (nSPS) is 20.2. The van der Waals surface area contributed by atoms with Gasteiger partial charge in [-0.1, -0.05) is 6.07 Å². The summed E-state index contributed by atoms with van der Waals surface area (Å²) >= 11 is 0. The minimum absolute atomic E-state index is 0.00541. The lowest BCUT2D eigenvalue weighted by atomic mass is 10.0. The predicted octanol–water partition coefficient (Wildman–Crippen LogP) is 1.11. The maximum Gasteiger partial charge on any atom is 0.307 e. The summed E-state index contributed by atoms with van der Waals surface area (Å²) in [7, 11) is 3.19. The lowest BCUT2D eigenvalue weighted by Gasteiger charge is -2.27. The molecule has 2 unspecified atom stereocenters. The highest BCUT2D eigenvalue weighted by Gasteiger charge is 2.32. The number of hydrogen-bond acceptors (Lipinski definition) is 5. The Balaban J connectivity index is 2.20. The molecule has 0 spiro atoms. The third kappa shape index (κ3) is 3.28. The zero-order chi connectivity index (χ0) is 15.4. The second-order valence-corrected chi connectivity index (χ2v) is 5.18. The van der Waals surface area contributed by atoms with Gasteiger partial charge in [0.2, 0.25) is 0 Å². The van der Waals surface area contributed by atoms with Crippen LogP contribution in [0.4, 0.5) is 0 Å². The molecule has 1 aromatic rings. The third-order valence-corrected chi connectivity index (χ3v) is 4.03. The summed E-state index contributed by atoms with van der Waals surface area (Å²) in [6, 6.07) is 5.70. The van der Waals surface area contributed by atoms with Crippen LogP contribution in [0.3, 0.4) is 0 Å². The van der Waals surface area contributed by atoms with Gasteiger partial charge < -0.3 is 20.3 Å². The van der Waals surface area contributed by atoms with Gasteiger partial charge in [0, 0.05) is 19.1 Å². The van der Waals surface area contributed by atoms with Crippen molar-refractivity contribution < 1.29 is 19.4 Å². The number of hydrogen-bond donors (Lipinski definition) is 2. The van der Waals surface area contributed by atoms with Gasteiger partial charge in [0.15, 0.2) is 11.5 Å². The smallest absolute Gasteiger partial charge is 0.307 e. The largest absolute Gasteiger partial charge is 0.493 e. The Labute approximate surface area is 124 Å². The van der Waals surface area contributed by atoms with Gasteiger partial charge in [-0.15, -0.1) is 0 Å². The van der Waals surface area contributed by atoms with Gasteiger partial charge in [0.05, 0.1) is 20.1 Å². The molecule has 1 aliphatic rings. The van der Waals surface area contributed by atoms with E-state index in [2.05, 4.69) is 4.90 Å². The fourth-order valence-corrected chi connectivity index (χ4v) is 2.83. The first-order valence-electron chi connectivity index (χ1n) is 6.99. The van der Waals surface area contributed by atoms with Crippen LogP contribution < -0.4 is 15.2 Å². The summed E-state index contributed by atoms with van der Waals surface area (Å²) in [4.78, 5) is 13.2. The van der Waals surface area contributed by atoms with Crippen molar-refractivity contribution in [3.8, 4) is 11.5 Å². The van der Waals surface area contributed by atoms with Crippen LogP contribution in [0.5, 0.6) is 11.5 Å². The number of rotatable bonds is 6. The Bertz CT molecular complexity index is 506. The van der Waals surface area contributed by atoms with Crippen molar-refractivity contribution in [2.45, 2.75) is 12.5 Å². The first-order valence-corrected chi connectivity index (χ1v) is 6.99.